The maximum atomic E-state index is 9.11. The Morgan fingerprint density at radius 3 is 2.57 bits per heavy atom. The van der Waals surface area contributed by atoms with Crippen molar-refractivity contribution in [3.8, 4) is 6.07 Å². The Labute approximate surface area is 92.5 Å². The van der Waals surface area contributed by atoms with Gasteiger partial charge in [-0.05, 0) is 32.1 Å². The summed E-state index contributed by atoms with van der Waals surface area (Å²) < 4.78 is 0. The number of nitrogens with zero attached hydrogens (tertiary/aromatic N) is 1. The van der Waals surface area contributed by atoms with Crippen LogP contribution < -0.4 is 5.32 Å². The fourth-order valence-corrected chi connectivity index (χ4v) is 2.50. The van der Waals surface area contributed by atoms with Gasteiger partial charge in [0.1, 0.15) is 5.54 Å². The summed E-state index contributed by atoms with van der Waals surface area (Å²) in [4.78, 5) is 0. The molecule has 2 atom stereocenters. The van der Waals surface area contributed by atoms with Crippen LogP contribution in [0.5, 0.6) is 0 Å². The summed E-state index contributed by atoms with van der Waals surface area (Å²) in [6, 6.07) is 2.38. The fraction of sp³-hybridized carbons (Fsp3) is 0.909. The first kappa shape index (κ1) is 13.8. The Kier molecular flexibility index (Phi) is 7.04. The molecule has 0 spiro atoms. The zero-order chi connectivity index (χ0) is 11.0. The van der Waals surface area contributed by atoms with Crippen LogP contribution in [0.25, 0.3) is 0 Å². The Hall–Kier alpha value is -0.200. The number of thioether (sulfide) groups is 1. The second-order valence-electron chi connectivity index (χ2n) is 3.84. The van der Waals surface area contributed by atoms with E-state index in [-0.39, 0.29) is 5.54 Å². The van der Waals surface area contributed by atoms with E-state index in [4.69, 9.17) is 5.26 Å². The van der Waals surface area contributed by atoms with Crippen LogP contribution in [0, 0.1) is 11.3 Å². The summed E-state index contributed by atoms with van der Waals surface area (Å²) in [5.74, 6) is 1.12. The summed E-state index contributed by atoms with van der Waals surface area (Å²) in [5.41, 5.74) is -0.350. The Morgan fingerprint density at radius 1 is 1.50 bits per heavy atom. The highest BCUT2D eigenvalue weighted by Gasteiger charge is 2.25. The lowest BCUT2D eigenvalue weighted by atomic mass is 9.98. The zero-order valence-electron chi connectivity index (χ0n) is 9.76. The van der Waals surface area contributed by atoms with Crippen LogP contribution in [0.3, 0.4) is 0 Å². The van der Waals surface area contributed by atoms with Crippen LogP contribution in [-0.4, -0.2) is 23.1 Å². The van der Waals surface area contributed by atoms with Gasteiger partial charge in [0.2, 0.25) is 0 Å². The van der Waals surface area contributed by atoms with Gasteiger partial charge < -0.3 is 0 Å². The van der Waals surface area contributed by atoms with Crippen molar-refractivity contribution in [3.63, 3.8) is 0 Å². The number of hydrogen-bond donors (Lipinski definition) is 1. The second-order valence-corrected chi connectivity index (χ2v) is 5.56. The summed E-state index contributed by atoms with van der Waals surface area (Å²) in [6.45, 7) is 9.39. The SMILES string of the molecule is CCCNC(C)(C#N)CC(C)SCC. The lowest BCUT2D eigenvalue weighted by Crippen LogP contribution is -2.43. The van der Waals surface area contributed by atoms with E-state index in [1.54, 1.807) is 0 Å². The predicted molar refractivity (Wildman–Crippen MR) is 64.5 cm³/mol. The molecule has 0 amide bonds. The van der Waals surface area contributed by atoms with E-state index in [0.29, 0.717) is 5.25 Å². The number of hydrogen-bond acceptors (Lipinski definition) is 3. The van der Waals surface area contributed by atoms with E-state index in [1.165, 1.54) is 0 Å². The van der Waals surface area contributed by atoms with Gasteiger partial charge in [0.05, 0.1) is 6.07 Å². The van der Waals surface area contributed by atoms with Crippen molar-refractivity contribution < 1.29 is 0 Å². The maximum absolute atomic E-state index is 9.11. The van der Waals surface area contributed by atoms with Gasteiger partial charge in [-0.3, -0.25) is 5.32 Å². The number of rotatable bonds is 7. The molecular formula is C11H22N2S. The van der Waals surface area contributed by atoms with E-state index >= 15 is 0 Å². The molecule has 0 saturated heterocycles. The van der Waals surface area contributed by atoms with Crippen molar-refractivity contribution in [1.82, 2.24) is 5.32 Å². The van der Waals surface area contributed by atoms with Gasteiger partial charge in [-0.15, -0.1) is 0 Å². The lowest BCUT2D eigenvalue weighted by molar-refractivity contribution is 0.419. The van der Waals surface area contributed by atoms with Crippen LogP contribution in [0.1, 0.15) is 40.5 Å². The number of nitrogens with one attached hydrogen (secondary N) is 1. The summed E-state index contributed by atoms with van der Waals surface area (Å²) in [6.07, 6.45) is 1.99. The minimum Gasteiger partial charge on any atom is -0.300 e. The minimum atomic E-state index is -0.350. The quantitative estimate of drug-likeness (QED) is 0.708. The molecule has 2 unspecified atom stereocenters. The second kappa shape index (κ2) is 7.14. The molecule has 0 heterocycles. The molecule has 82 valence electrons. The van der Waals surface area contributed by atoms with Gasteiger partial charge in [0.25, 0.3) is 0 Å². The molecule has 0 aromatic carbocycles. The van der Waals surface area contributed by atoms with Crippen molar-refractivity contribution >= 4 is 11.8 Å². The first-order valence-electron chi connectivity index (χ1n) is 5.35. The van der Waals surface area contributed by atoms with Crippen LogP contribution in [0.4, 0.5) is 0 Å². The Bertz CT molecular complexity index is 188. The zero-order valence-corrected chi connectivity index (χ0v) is 10.6. The van der Waals surface area contributed by atoms with Crippen LogP contribution in [-0.2, 0) is 0 Å². The Morgan fingerprint density at radius 2 is 2.14 bits per heavy atom. The third-order valence-corrected chi connectivity index (χ3v) is 3.23. The molecule has 0 fully saturated rings. The normalized spacial score (nSPS) is 17.1. The van der Waals surface area contributed by atoms with E-state index < -0.39 is 0 Å². The smallest absolute Gasteiger partial charge is 0.104 e. The maximum Gasteiger partial charge on any atom is 0.104 e. The monoisotopic (exact) mass is 214 g/mol. The third-order valence-electron chi connectivity index (χ3n) is 2.16. The third kappa shape index (κ3) is 5.51. The molecule has 0 aromatic heterocycles. The molecular weight excluding hydrogens is 192 g/mol. The van der Waals surface area contributed by atoms with Gasteiger partial charge in [-0.1, -0.05) is 20.8 Å². The largest absolute Gasteiger partial charge is 0.300 e. The van der Waals surface area contributed by atoms with Crippen LogP contribution >= 0.6 is 11.8 Å². The lowest BCUT2D eigenvalue weighted by Gasteiger charge is -2.26. The first-order chi connectivity index (χ1) is 6.58. The molecule has 0 aliphatic heterocycles. The van der Waals surface area contributed by atoms with Crippen LogP contribution in [0.2, 0.25) is 0 Å². The highest BCUT2D eigenvalue weighted by molar-refractivity contribution is 7.99. The van der Waals surface area contributed by atoms with Crippen molar-refractivity contribution in [2.75, 3.05) is 12.3 Å². The topological polar surface area (TPSA) is 35.8 Å². The van der Waals surface area contributed by atoms with Crippen molar-refractivity contribution in [1.29, 1.82) is 5.26 Å². The van der Waals surface area contributed by atoms with E-state index in [2.05, 4.69) is 32.2 Å². The molecule has 0 aliphatic rings. The summed E-state index contributed by atoms with van der Waals surface area (Å²) in [5, 5.41) is 13.0. The van der Waals surface area contributed by atoms with Crippen molar-refractivity contribution in [3.05, 3.63) is 0 Å². The Balaban J connectivity index is 4.05. The van der Waals surface area contributed by atoms with Gasteiger partial charge in [0, 0.05) is 5.25 Å². The number of nitriles is 1. The molecule has 0 rings (SSSR count). The molecule has 0 bridgehead atoms. The molecule has 2 nitrogen and oxygen atoms in total. The standard InChI is InChI=1S/C11H22N2S/c1-5-7-13-11(4,9-12)8-10(3)14-6-2/h10,13H,5-8H2,1-4H3. The molecule has 14 heavy (non-hydrogen) atoms. The van der Waals surface area contributed by atoms with Crippen LogP contribution in [0.15, 0.2) is 0 Å². The average Bonchev–Trinajstić information content (AvgIpc) is 2.15. The van der Waals surface area contributed by atoms with Crippen molar-refractivity contribution in [2.24, 2.45) is 0 Å². The van der Waals surface area contributed by atoms with Gasteiger partial charge in [-0.2, -0.15) is 17.0 Å². The molecule has 0 saturated carbocycles. The van der Waals surface area contributed by atoms with Gasteiger partial charge in [0.15, 0.2) is 0 Å². The van der Waals surface area contributed by atoms with Gasteiger partial charge >= 0.3 is 0 Å². The first-order valence-corrected chi connectivity index (χ1v) is 6.40. The molecule has 3 heteroatoms. The highest BCUT2D eigenvalue weighted by Crippen LogP contribution is 2.21. The predicted octanol–water partition coefficient (Wildman–Crippen LogP) is 2.80. The van der Waals surface area contributed by atoms with E-state index in [0.717, 1.165) is 25.1 Å². The molecule has 0 radical (unpaired) electrons. The highest BCUT2D eigenvalue weighted by atomic mass is 32.2. The minimum absolute atomic E-state index is 0.350. The van der Waals surface area contributed by atoms with E-state index in [9.17, 15) is 0 Å². The van der Waals surface area contributed by atoms with Gasteiger partial charge in [-0.25, -0.2) is 0 Å². The molecule has 0 aliphatic carbocycles. The fourth-order valence-electron chi connectivity index (χ4n) is 1.48. The molecule has 0 aromatic rings. The van der Waals surface area contributed by atoms with E-state index in [1.807, 2.05) is 18.7 Å². The van der Waals surface area contributed by atoms with Crippen molar-refractivity contribution in [2.45, 2.75) is 51.3 Å². The summed E-state index contributed by atoms with van der Waals surface area (Å²) >= 11 is 1.92. The molecule has 1 N–H and O–H groups in total. The average molecular weight is 214 g/mol. The summed E-state index contributed by atoms with van der Waals surface area (Å²) in [7, 11) is 0.